The van der Waals surface area contributed by atoms with Crippen molar-refractivity contribution >= 4 is 23.1 Å². The molecule has 0 saturated heterocycles. The van der Waals surface area contributed by atoms with Crippen molar-refractivity contribution in [2.45, 2.75) is 0 Å². The summed E-state index contributed by atoms with van der Waals surface area (Å²) in [7, 11) is 1.65. The quantitative estimate of drug-likeness (QED) is 0.713. The van der Waals surface area contributed by atoms with Crippen LogP contribution in [0.5, 0.6) is 5.75 Å². The molecule has 0 N–H and O–H groups in total. The summed E-state index contributed by atoms with van der Waals surface area (Å²) < 4.78 is 9.54. The second-order valence-electron chi connectivity index (χ2n) is 4.16. The van der Waals surface area contributed by atoms with E-state index in [-0.39, 0.29) is 0 Å². The van der Waals surface area contributed by atoms with Crippen LogP contribution in [0.15, 0.2) is 48.5 Å². The summed E-state index contributed by atoms with van der Waals surface area (Å²) >= 11 is 7.26. The molecule has 0 saturated carbocycles. The van der Waals surface area contributed by atoms with Gasteiger partial charge in [0.1, 0.15) is 10.8 Å². The first-order chi connectivity index (χ1) is 9.76. The Kier molecular flexibility index (Phi) is 3.67. The molecule has 0 radical (unpaired) electrons. The van der Waals surface area contributed by atoms with E-state index in [1.54, 1.807) is 7.11 Å². The summed E-state index contributed by atoms with van der Waals surface area (Å²) in [4.78, 5) is 4.56. The monoisotopic (exact) mass is 302 g/mol. The van der Waals surface area contributed by atoms with Gasteiger partial charge in [-0.05, 0) is 47.9 Å². The van der Waals surface area contributed by atoms with Crippen LogP contribution >= 0.6 is 23.1 Å². The Bertz CT molecular complexity index is 707. The van der Waals surface area contributed by atoms with E-state index in [4.69, 9.17) is 16.3 Å². The van der Waals surface area contributed by atoms with Gasteiger partial charge in [0.25, 0.3) is 0 Å². The number of aromatic nitrogens is 2. The fourth-order valence-corrected chi connectivity index (χ4v) is 2.60. The van der Waals surface area contributed by atoms with Gasteiger partial charge >= 0.3 is 0 Å². The SMILES string of the molecule is COc1ccc(-c2nsc(-c3ccc(Cl)cc3)n2)cc1. The lowest BCUT2D eigenvalue weighted by atomic mass is 10.2. The number of benzene rings is 2. The van der Waals surface area contributed by atoms with Gasteiger partial charge in [-0.2, -0.15) is 4.37 Å². The molecule has 0 aliphatic heterocycles. The number of nitrogens with zero attached hydrogens (tertiary/aromatic N) is 2. The molecule has 3 rings (SSSR count). The molecule has 1 aromatic heterocycles. The van der Waals surface area contributed by atoms with Gasteiger partial charge < -0.3 is 4.74 Å². The van der Waals surface area contributed by atoms with E-state index in [9.17, 15) is 0 Å². The average molecular weight is 303 g/mol. The first-order valence-corrected chi connectivity index (χ1v) is 7.15. The highest BCUT2D eigenvalue weighted by atomic mass is 35.5. The largest absolute Gasteiger partial charge is 0.497 e. The van der Waals surface area contributed by atoms with Crippen molar-refractivity contribution in [3.05, 3.63) is 53.6 Å². The maximum absolute atomic E-state index is 5.88. The van der Waals surface area contributed by atoms with Crippen LogP contribution in [0, 0.1) is 0 Å². The van der Waals surface area contributed by atoms with Crippen molar-refractivity contribution in [3.8, 4) is 27.7 Å². The molecule has 3 aromatic rings. The molecular formula is C15H11ClN2OS. The van der Waals surface area contributed by atoms with Crippen LogP contribution in [0.4, 0.5) is 0 Å². The Hall–Kier alpha value is -1.91. The van der Waals surface area contributed by atoms with E-state index in [0.717, 1.165) is 27.7 Å². The van der Waals surface area contributed by atoms with Crippen LogP contribution in [0.2, 0.25) is 5.02 Å². The van der Waals surface area contributed by atoms with Crippen molar-refractivity contribution < 1.29 is 4.74 Å². The summed E-state index contributed by atoms with van der Waals surface area (Å²) in [6.07, 6.45) is 0. The molecule has 0 aliphatic carbocycles. The maximum atomic E-state index is 5.88. The molecule has 100 valence electrons. The zero-order chi connectivity index (χ0) is 13.9. The van der Waals surface area contributed by atoms with Gasteiger partial charge in [0, 0.05) is 16.1 Å². The predicted octanol–water partition coefficient (Wildman–Crippen LogP) is 4.53. The highest BCUT2D eigenvalue weighted by molar-refractivity contribution is 7.09. The van der Waals surface area contributed by atoms with Gasteiger partial charge in [-0.1, -0.05) is 23.7 Å². The molecule has 0 bridgehead atoms. The number of methoxy groups -OCH3 is 1. The number of rotatable bonds is 3. The van der Waals surface area contributed by atoms with Crippen molar-refractivity contribution in [2.24, 2.45) is 0 Å². The Morgan fingerprint density at radius 2 is 1.60 bits per heavy atom. The molecule has 1 heterocycles. The summed E-state index contributed by atoms with van der Waals surface area (Å²) in [6.45, 7) is 0. The topological polar surface area (TPSA) is 35.0 Å². The molecule has 0 unspecified atom stereocenters. The van der Waals surface area contributed by atoms with Gasteiger partial charge in [0.15, 0.2) is 5.82 Å². The molecule has 5 heteroatoms. The lowest BCUT2D eigenvalue weighted by Crippen LogP contribution is -1.84. The standard InChI is InChI=1S/C15H11ClN2OS/c1-19-13-8-4-10(5-9-13)14-17-15(20-18-14)11-2-6-12(16)7-3-11/h2-9H,1H3. The van der Waals surface area contributed by atoms with Gasteiger partial charge in [0.2, 0.25) is 0 Å². The van der Waals surface area contributed by atoms with Crippen LogP contribution in [0.3, 0.4) is 0 Å². The van der Waals surface area contributed by atoms with Gasteiger partial charge in [0.05, 0.1) is 7.11 Å². The fraction of sp³-hybridized carbons (Fsp3) is 0.0667. The van der Waals surface area contributed by atoms with Crippen LogP contribution in [-0.4, -0.2) is 16.5 Å². The van der Waals surface area contributed by atoms with E-state index in [1.807, 2.05) is 48.5 Å². The van der Waals surface area contributed by atoms with Crippen molar-refractivity contribution in [1.29, 1.82) is 0 Å². The van der Waals surface area contributed by atoms with Crippen LogP contribution in [0.1, 0.15) is 0 Å². The minimum absolute atomic E-state index is 0.716. The molecule has 0 aliphatic rings. The minimum Gasteiger partial charge on any atom is -0.497 e. The molecule has 0 spiro atoms. The van der Waals surface area contributed by atoms with Gasteiger partial charge in [-0.25, -0.2) is 4.98 Å². The third-order valence-corrected chi connectivity index (χ3v) is 3.88. The third-order valence-electron chi connectivity index (χ3n) is 2.87. The number of ether oxygens (including phenoxy) is 1. The van der Waals surface area contributed by atoms with Gasteiger partial charge in [-0.15, -0.1) is 0 Å². The predicted molar refractivity (Wildman–Crippen MR) is 82.3 cm³/mol. The van der Waals surface area contributed by atoms with E-state index in [2.05, 4.69) is 9.36 Å². The Balaban J connectivity index is 1.91. The van der Waals surface area contributed by atoms with E-state index >= 15 is 0 Å². The minimum atomic E-state index is 0.716. The summed E-state index contributed by atoms with van der Waals surface area (Å²) in [5.41, 5.74) is 1.99. The zero-order valence-corrected chi connectivity index (χ0v) is 12.3. The van der Waals surface area contributed by atoms with Crippen LogP contribution in [0.25, 0.3) is 22.0 Å². The first-order valence-electron chi connectivity index (χ1n) is 6.00. The highest BCUT2D eigenvalue weighted by Gasteiger charge is 2.08. The lowest BCUT2D eigenvalue weighted by molar-refractivity contribution is 0.415. The Labute approximate surface area is 126 Å². The van der Waals surface area contributed by atoms with Crippen molar-refractivity contribution in [1.82, 2.24) is 9.36 Å². The second kappa shape index (κ2) is 5.61. The molecule has 0 amide bonds. The molecule has 3 nitrogen and oxygen atoms in total. The van der Waals surface area contributed by atoms with E-state index in [1.165, 1.54) is 11.5 Å². The zero-order valence-electron chi connectivity index (χ0n) is 10.7. The van der Waals surface area contributed by atoms with Crippen molar-refractivity contribution in [2.75, 3.05) is 7.11 Å². The number of hydrogen-bond acceptors (Lipinski definition) is 4. The smallest absolute Gasteiger partial charge is 0.173 e. The number of halogens is 1. The molecule has 0 atom stereocenters. The van der Waals surface area contributed by atoms with E-state index < -0.39 is 0 Å². The van der Waals surface area contributed by atoms with Crippen LogP contribution in [-0.2, 0) is 0 Å². The average Bonchev–Trinajstić information content (AvgIpc) is 2.98. The number of hydrogen-bond donors (Lipinski definition) is 0. The van der Waals surface area contributed by atoms with Gasteiger partial charge in [-0.3, -0.25) is 0 Å². The summed E-state index contributed by atoms with van der Waals surface area (Å²) in [6, 6.07) is 15.3. The maximum Gasteiger partial charge on any atom is 0.173 e. The van der Waals surface area contributed by atoms with Crippen LogP contribution < -0.4 is 4.74 Å². The van der Waals surface area contributed by atoms with Crippen molar-refractivity contribution in [3.63, 3.8) is 0 Å². The lowest BCUT2D eigenvalue weighted by Gasteiger charge is -1.99. The normalized spacial score (nSPS) is 10.5. The molecule has 0 fully saturated rings. The molecular weight excluding hydrogens is 292 g/mol. The summed E-state index contributed by atoms with van der Waals surface area (Å²) in [5.74, 6) is 1.55. The Morgan fingerprint density at radius 3 is 2.25 bits per heavy atom. The highest BCUT2D eigenvalue weighted by Crippen LogP contribution is 2.27. The van der Waals surface area contributed by atoms with E-state index in [0.29, 0.717) is 5.02 Å². The third kappa shape index (κ3) is 2.66. The molecule has 20 heavy (non-hydrogen) atoms. The fourth-order valence-electron chi connectivity index (χ4n) is 1.79. The summed E-state index contributed by atoms with van der Waals surface area (Å²) in [5, 5.41) is 1.60. The second-order valence-corrected chi connectivity index (χ2v) is 5.35. The molecule has 2 aromatic carbocycles. The first kappa shape index (κ1) is 13.1. The Morgan fingerprint density at radius 1 is 0.950 bits per heavy atom.